The average Bonchev–Trinajstić information content (AvgIpc) is 2.90. The van der Waals surface area contributed by atoms with Gasteiger partial charge in [-0.05, 0) is 31.4 Å². The molecule has 0 unspecified atom stereocenters. The molecule has 0 spiro atoms. The molecule has 2 heterocycles. The van der Waals surface area contributed by atoms with Gasteiger partial charge in [-0.2, -0.15) is 0 Å². The van der Waals surface area contributed by atoms with Gasteiger partial charge >= 0.3 is 0 Å². The summed E-state index contributed by atoms with van der Waals surface area (Å²) in [6, 6.07) is 1.95. The summed E-state index contributed by atoms with van der Waals surface area (Å²) in [5.74, 6) is 8.34. The lowest BCUT2D eigenvalue weighted by atomic mass is 9.89. The zero-order chi connectivity index (χ0) is 16.8. The van der Waals surface area contributed by atoms with Gasteiger partial charge in [-0.3, -0.25) is 0 Å². The number of ether oxygens (including phenoxy) is 3. The molecule has 0 bridgehead atoms. The summed E-state index contributed by atoms with van der Waals surface area (Å²) in [6.45, 7) is 4.56. The molecule has 0 radical (unpaired) electrons. The standard InChI is InChI=1S/C18H24NO4/c1-18(2,20)8-6-13-15-12(7-9-19(13,3)4)10-14-16(17(15)21-5)23-11-22-14/h10,13,20H,7,9,11H2,1-5H3/q+1/t13-/m1/s1. The lowest BCUT2D eigenvalue weighted by Crippen LogP contribution is -2.47. The summed E-state index contributed by atoms with van der Waals surface area (Å²) >= 11 is 0. The fraction of sp³-hybridized carbons (Fsp3) is 0.556. The van der Waals surface area contributed by atoms with Gasteiger partial charge in [0.05, 0.1) is 33.3 Å². The number of fused-ring (bicyclic) bond motifs is 2. The monoisotopic (exact) mass is 318 g/mol. The molecule has 0 aliphatic carbocycles. The molecule has 5 heteroatoms. The van der Waals surface area contributed by atoms with Crippen LogP contribution in [0.5, 0.6) is 17.2 Å². The Morgan fingerprint density at radius 1 is 1.35 bits per heavy atom. The number of aliphatic hydroxyl groups is 1. The highest BCUT2D eigenvalue weighted by Gasteiger charge is 2.40. The van der Waals surface area contributed by atoms with Crippen LogP contribution in [0.15, 0.2) is 6.07 Å². The van der Waals surface area contributed by atoms with Gasteiger partial charge in [-0.1, -0.05) is 5.92 Å². The van der Waals surface area contributed by atoms with E-state index in [2.05, 4.69) is 25.9 Å². The lowest BCUT2D eigenvalue weighted by Gasteiger charge is -2.40. The number of benzene rings is 1. The van der Waals surface area contributed by atoms with Gasteiger partial charge in [-0.15, -0.1) is 0 Å². The van der Waals surface area contributed by atoms with Crippen molar-refractivity contribution in [1.29, 1.82) is 0 Å². The van der Waals surface area contributed by atoms with Gasteiger partial charge in [0.25, 0.3) is 0 Å². The van der Waals surface area contributed by atoms with Crippen molar-refractivity contribution in [3.05, 3.63) is 17.2 Å². The number of nitrogens with zero attached hydrogens (tertiary/aromatic N) is 1. The highest BCUT2D eigenvalue weighted by Crippen LogP contribution is 2.50. The molecule has 0 saturated carbocycles. The minimum absolute atomic E-state index is 0.0883. The number of rotatable bonds is 1. The van der Waals surface area contributed by atoms with Crippen LogP contribution in [-0.2, 0) is 6.42 Å². The second-order valence-electron chi connectivity index (χ2n) is 7.20. The average molecular weight is 318 g/mol. The molecule has 5 nitrogen and oxygen atoms in total. The third-order valence-corrected chi connectivity index (χ3v) is 4.39. The molecule has 0 fully saturated rings. The Hall–Kier alpha value is -1.90. The first-order valence-corrected chi connectivity index (χ1v) is 7.80. The number of quaternary nitrogens is 1. The molecular formula is C18H24NO4+. The Morgan fingerprint density at radius 2 is 2.09 bits per heavy atom. The van der Waals surface area contributed by atoms with Gasteiger partial charge in [0.2, 0.25) is 12.5 Å². The summed E-state index contributed by atoms with van der Waals surface area (Å²) in [6.07, 6.45) is 0.927. The molecule has 0 amide bonds. The fourth-order valence-corrected chi connectivity index (χ4v) is 3.17. The van der Waals surface area contributed by atoms with Crippen molar-refractivity contribution >= 4 is 0 Å². The van der Waals surface area contributed by atoms with E-state index < -0.39 is 5.60 Å². The van der Waals surface area contributed by atoms with E-state index >= 15 is 0 Å². The van der Waals surface area contributed by atoms with Crippen LogP contribution in [0, 0.1) is 11.8 Å². The maximum absolute atomic E-state index is 9.99. The van der Waals surface area contributed by atoms with Crippen molar-refractivity contribution < 1.29 is 23.8 Å². The normalized spacial score (nSPS) is 21.2. The van der Waals surface area contributed by atoms with E-state index in [0.29, 0.717) is 16.0 Å². The van der Waals surface area contributed by atoms with Gasteiger partial charge < -0.3 is 23.8 Å². The van der Waals surface area contributed by atoms with E-state index in [1.807, 2.05) is 6.07 Å². The summed E-state index contributed by atoms with van der Waals surface area (Å²) in [5, 5.41) is 9.99. The van der Waals surface area contributed by atoms with Crippen LogP contribution in [0.25, 0.3) is 0 Å². The molecule has 1 atom stereocenters. The molecule has 1 aromatic carbocycles. The van der Waals surface area contributed by atoms with Crippen LogP contribution < -0.4 is 14.2 Å². The Morgan fingerprint density at radius 3 is 2.74 bits per heavy atom. The minimum Gasteiger partial charge on any atom is -0.492 e. The van der Waals surface area contributed by atoms with Crippen LogP contribution in [0.2, 0.25) is 0 Å². The molecule has 0 saturated heterocycles. The zero-order valence-electron chi connectivity index (χ0n) is 14.4. The molecule has 2 aliphatic heterocycles. The van der Waals surface area contributed by atoms with Crippen molar-refractivity contribution in [3.63, 3.8) is 0 Å². The zero-order valence-corrected chi connectivity index (χ0v) is 14.4. The van der Waals surface area contributed by atoms with Crippen LogP contribution in [0.3, 0.4) is 0 Å². The SMILES string of the molecule is COc1c2c(cc3c1[C@@H](C#CC(C)(C)O)[N+](C)(C)CC3)OCO2. The van der Waals surface area contributed by atoms with Crippen LogP contribution in [0.4, 0.5) is 0 Å². The summed E-state index contributed by atoms with van der Waals surface area (Å²) in [4.78, 5) is 0. The van der Waals surface area contributed by atoms with Crippen LogP contribution in [0.1, 0.15) is 31.0 Å². The molecule has 124 valence electrons. The quantitative estimate of drug-likeness (QED) is 0.634. The second-order valence-corrected chi connectivity index (χ2v) is 7.20. The summed E-state index contributed by atoms with van der Waals surface area (Å²) in [5.41, 5.74) is 1.20. The van der Waals surface area contributed by atoms with Gasteiger partial charge in [0.15, 0.2) is 17.5 Å². The number of hydrogen-bond donors (Lipinski definition) is 1. The predicted molar refractivity (Wildman–Crippen MR) is 86.6 cm³/mol. The highest BCUT2D eigenvalue weighted by atomic mass is 16.7. The Kier molecular flexibility index (Phi) is 3.70. The van der Waals surface area contributed by atoms with Crippen molar-refractivity contribution in [2.24, 2.45) is 0 Å². The molecule has 0 aromatic heterocycles. The Balaban J connectivity index is 2.19. The largest absolute Gasteiger partial charge is 0.492 e. The second kappa shape index (κ2) is 5.33. The van der Waals surface area contributed by atoms with Crippen molar-refractivity contribution in [1.82, 2.24) is 0 Å². The van der Waals surface area contributed by atoms with Gasteiger partial charge in [-0.25, -0.2) is 0 Å². The molecule has 3 rings (SSSR count). The number of likely N-dealkylation sites (N-methyl/N-ethyl adjacent to an activating group) is 1. The third kappa shape index (κ3) is 2.85. The molecule has 1 aromatic rings. The number of methoxy groups -OCH3 is 1. The minimum atomic E-state index is -1.03. The van der Waals surface area contributed by atoms with E-state index in [4.69, 9.17) is 14.2 Å². The van der Waals surface area contributed by atoms with Crippen molar-refractivity contribution in [2.75, 3.05) is 34.5 Å². The third-order valence-electron chi connectivity index (χ3n) is 4.39. The van der Waals surface area contributed by atoms with Crippen molar-refractivity contribution in [2.45, 2.75) is 31.9 Å². The summed E-state index contributed by atoms with van der Waals surface area (Å²) in [7, 11) is 5.94. The van der Waals surface area contributed by atoms with Gasteiger partial charge in [0.1, 0.15) is 5.60 Å². The van der Waals surface area contributed by atoms with E-state index in [1.165, 1.54) is 5.56 Å². The Labute approximate surface area is 137 Å². The first-order chi connectivity index (χ1) is 10.7. The van der Waals surface area contributed by atoms with E-state index in [0.717, 1.165) is 24.3 Å². The van der Waals surface area contributed by atoms with E-state index in [1.54, 1.807) is 21.0 Å². The lowest BCUT2D eigenvalue weighted by molar-refractivity contribution is -0.914. The first-order valence-electron chi connectivity index (χ1n) is 7.80. The maximum atomic E-state index is 9.99. The van der Waals surface area contributed by atoms with Crippen molar-refractivity contribution in [3.8, 4) is 29.1 Å². The van der Waals surface area contributed by atoms with E-state index in [-0.39, 0.29) is 12.8 Å². The molecule has 1 N–H and O–H groups in total. The molecular weight excluding hydrogens is 294 g/mol. The van der Waals surface area contributed by atoms with Crippen LogP contribution in [-0.4, -0.2) is 49.7 Å². The first kappa shape index (κ1) is 16.0. The molecule has 23 heavy (non-hydrogen) atoms. The smallest absolute Gasteiger partial charge is 0.231 e. The Bertz CT molecular complexity index is 692. The number of hydrogen-bond acceptors (Lipinski definition) is 4. The predicted octanol–water partition coefficient (Wildman–Crippen LogP) is 1.87. The highest BCUT2D eigenvalue weighted by molar-refractivity contribution is 5.62. The fourth-order valence-electron chi connectivity index (χ4n) is 3.17. The topological polar surface area (TPSA) is 47.9 Å². The molecule has 2 aliphatic rings. The van der Waals surface area contributed by atoms with E-state index in [9.17, 15) is 5.11 Å². The summed E-state index contributed by atoms with van der Waals surface area (Å²) < 4.78 is 17.5. The maximum Gasteiger partial charge on any atom is 0.231 e. The van der Waals surface area contributed by atoms with Crippen LogP contribution >= 0.6 is 0 Å². The van der Waals surface area contributed by atoms with Gasteiger partial charge in [0, 0.05) is 6.42 Å².